The van der Waals surface area contributed by atoms with E-state index in [0.717, 1.165) is 65.0 Å². The number of ether oxygens (including phenoxy) is 5. The first-order valence-corrected chi connectivity index (χ1v) is 21.1. The molecule has 0 aromatic carbocycles. The van der Waals surface area contributed by atoms with Gasteiger partial charge in [0.15, 0.2) is 18.2 Å². The monoisotopic (exact) mass is 726 g/mol. The Labute approximate surface area is 311 Å². The minimum Gasteiger partial charge on any atom is -0.457 e. The summed E-state index contributed by atoms with van der Waals surface area (Å²) in [4.78, 5) is 31.9. The first-order valence-electron chi connectivity index (χ1n) is 21.1. The van der Waals surface area contributed by atoms with E-state index >= 15 is 0 Å². The van der Waals surface area contributed by atoms with Crippen molar-refractivity contribution in [2.45, 2.75) is 161 Å². The predicted molar refractivity (Wildman–Crippen MR) is 193 cm³/mol. The molecule has 292 valence electrons. The second-order valence-electron chi connectivity index (χ2n) is 20.3. The summed E-state index contributed by atoms with van der Waals surface area (Å²) in [5.74, 6) is 1.07. The number of rotatable bonds is 7. The molecule has 9 rings (SSSR count). The van der Waals surface area contributed by atoms with Crippen LogP contribution in [0.2, 0.25) is 0 Å². The number of nitrogens with zero attached hydrogens (tertiary/aromatic N) is 2. The Morgan fingerprint density at radius 1 is 0.904 bits per heavy atom. The highest BCUT2D eigenvalue weighted by Crippen LogP contribution is 2.87. The third-order valence-corrected chi connectivity index (χ3v) is 17.2. The lowest BCUT2D eigenvalue weighted by molar-refractivity contribution is -0.248. The summed E-state index contributed by atoms with van der Waals surface area (Å²) in [7, 11) is 0. The van der Waals surface area contributed by atoms with Crippen LogP contribution < -0.4 is 0 Å². The largest absolute Gasteiger partial charge is 0.457 e. The quantitative estimate of drug-likeness (QED) is 0.361. The topological polar surface area (TPSA) is 107 Å². The molecule has 0 aromatic heterocycles. The van der Waals surface area contributed by atoms with Crippen LogP contribution in [-0.4, -0.2) is 121 Å². The maximum Gasteiger partial charge on any atom is 0.303 e. The van der Waals surface area contributed by atoms with E-state index in [9.17, 15) is 14.7 Å². The highest BCUT2D eigenvalue weighted by Gasteiger charge is 2.82. The number of esters is 1. The van der Waals surface area contributed by atoms with Crippen molar-refractivity contribution in [3.8, 4) is 0 Å². The summed E-state index contributed by atoms with van der Waals surface area (Å²) in [6.45, 7) is 18.8. The molecule has 0 bridgehead atoms. The Hall–Kier alpha value is -1.14. The van der Waals surface area contributed by atoms with Gasteiger partial charge in [0, 0.05) is 45.1 Å². The van der Waals surface area contributed by atoms with Crippen LogP contribution in [0.5, 0.6) is 0 Å². The zero-order valence-corrected chi connectivity index (χ0v) is 32.8. The summed E-state index contributed by atoms with van der Waals surface area (Å²) in [5, 5.41) is 10.9. The van der Waals surface area contributed by atoms with Crippen molar-refractivity contribution < 1.29 is 38.4 Å². The summed E-state index contributed by atoms with van der Waals surface area (Å²) in [6.07, 6.45) is 10.4. The Morgan fingerprint density at radius 2 is 1.65 bits per heavy atom. The number of piperidine rings is 1. The van der Waals surface area contributed by atoms with E-state index in [1.165, 1.54) is 52.1 Å². The fourth-order valence-corrected chi connectivity index (χ4v) is 14.6. The van der Waals surface area contributed by atoms with Gasteiger partial charge in [-0.2, -0.15) is 0 Å². The van der Waals surface area contributed by atoms with Gasteiger partial charge in [-0.25, -0.2) is 0 Å². The lowest BCUT2D eigenvalue weighted by Crippen LogP contribution is -2.58. The van der Waals surface area contributed by atoms with Crippen LogP contribution in [-0.2, 0) is 33.3 Å². The number of carbonyl (C=O) groups excluding carboxylic acids is 2. The molecule has 5 saturated carbocycles. The standard InChI is InChI=1S/C42H66N2O8/c1-25(45)50-37(39(4,5)47)30-9-7-29-36(51-30)35(46)34-28-8-10-31-38(2,3)32(11-14-42(31)24-41(28,42)16-15-40(29,34)6)52-33-21-44(19-20-49-33)26-12-17-43(18-13-26)27-22-48-23-27/h26-34,36-37,47H,7-24H2,1-6H3. The first-order chi connectivity index (χ1) is 24.7. The molecular formula is C42H66N2O8. The van der Waals surface area contributed by atoms with Gasteiger partial charge in [0.1, 0.15) is 6.10 Å². The molecule has 4 saturated heterocycles. The number of ketones is 1. The van der Waals surface area contributed by atoms with Crippen LogP contribution in [0, 0.1) is 45.3 Å². The molecule has 10 nitrogen and oxygen atoms in total. The molecule has 12 unspecified atom stereocenters. The Bertz CT molecular complexity index is 1400. The molecule has 4 heterocycles. The number of fused-ring (bicyclic) bond motifs is 4. The van der Waals surface area contributed by atoms with Gasteiger partial charge in [0.2, 0.25) is 0 Å². The number of Topliss-reactive ketones (excluding diaryl/α,β-unsaturated/α-hetero) is 1. The number of aliphatic hydroxyl groups is 1. The number of morpholine rings is 1. The van der Waals surface area contributed by atoms with Crippen LogP contribution in [0.3, 0.4) is 0 Å². The molecule has 1 N–H and O–H groups in total. The lowest BCUT2D eigenvalue weighted by Gasteiger charge is -2.59. The predicted octanol–water partition coefficient (Wildman–Crippen LogP) is 4.98. The normalized spacial score (nSPS) is 47.2. The molecule has 2 spiro atoms. The fraction of sp³-hybridized carbons (Fsp3) is 0.952. The van der Waals surface area contributed by atoms with E-state index in [1.54, 1.807) is 13.8 Å². The van der Waals surface area contributed by atoms with Crippen molar-refractivity contribution in [1.29, 1.82) is 0 Å². The van der Waals surface area contributed by atoms with E-state index < -0.39 is 29.9 Å². The van der Waals surface area contributed by atoms with Crippen molar-refractivity contribution in [2.24, 2.45) is 45.3 Å². The van der Waals surface area contributed by atoms with Crippen LogP contribution in [0.4, 0.5) is 0 Å². The average Bonchev–Trinajstić information content (AvgIpc) is 3.69. The van der Waals surface area contributed by atoms with Crippen LogP contribution >= 0.6 is 0 Å². The zero-order valence-electron chi connectivity index (χ0n) is 32.8. The second kappa shape index (κ2) is 12.7. The van der Waals surface area contributed by atoms with Gasteiger partial charge < -0.3 is 28.8 Å². The molecule has 4 aliphatic heterocycles. The summed E-state index contributed by atoms with van der Waals surface area (Å²) < 4.78 is 31.1. The SMILES string of the molecule is CC(=O)OC(C1CCC2C(O1)C(=O)C1C3CCC4C(C)(C)C(OC5CN(C6CCN(C7COC7)CC6)CCO5)CCC45CC35CCC21C)C(C)(C)O. The molecule has 10 heteroatoms. The molecule has 9 fully saturated rings. The molecule has 0 aromatic rings. The molecule has 0 radical (unpaired) electrons. The Kier molecular flexibility index (Phi) is 8.90. The highest BCUT2D eigenvalue weighted by atomic mass is 16.7. The van der Waals surface area contributed by atoms with Gasteiger partial charge in [-0.3, -0.25) is 19.4 Å². The third-order valence-electron chi connectivity index (χ3n) is 17.2. The van der Waals surface area contributed by atoms with Crippen molar-refractivity contribution in [1.82, 2.24) is 9.80 Å². The number of hydrogen-bond donors (Lipinski definition) is 1. The van der Waals surface area contributed by atoms with Gasteiger partial charge in [0.05, 0.1) is 43.7 Å². The van der Waals surface area contributed by atoms with Gasteiger partial charge in [-0.05, 0) is 124 Å². The van der Waals surface area contributed by atoms with Gasteiger partial charge in [-0.1, -0.05) is 20.8 Å². The van der Waals surface area contributed by atoms with E-state index in [1.807, 2.05) is 0 Å². The summed E-state index contributed by atoms with van der Waals surface area (Å²) >= 11 is 0. The Morgan fingerprint density at radius 3 is 2.35 bits per heavy atom. The van der Waals surface area contributed by atoms with Gasteiger partial charge >= 0.3 is 5.97 Å². The maximum atomic E-state index is 14.7. The molecule has 5 aliphatic carbocycles. The van der Waals surface area contributed by atoms with Crippen molar-refractivity contribution in [3.05, 3.63) is 0 Å². The summed E-state index contributed by atoms with van der Waals surface area (Å²) in [6, 6.07) is 1.25. The zero-order chi connectivity index (χ0) is 36.4. The molecule has 12 atom stereocenters. The van der Waals surface area contributed by atoms with Crippen LogP contribution in [0.25, 0.3) is 0 Å². The van der Waals surface area contributed by atoms with Gasteiger partial charge in [0.25, 0.3) is 0 Å². The van der Waals surface area contributed by atoms with Crippen molar-refractivity contribution >= 4 is 11.8 Å². The third kappa shape index (κ3) is 5.48. The molecule has 52 heavy (non-hydrogen) atoms. The van der Waals surface area contributed by atoms with Crippen molar-refractivity contribution in [3.63, 3.8) is 0 Å². The van der Waals surface area contributed by atoms with Crippen LogP contribution in [0.15, 0.2) is 0 Å². The molecule has 9 aliphatic rings. The van der Waals surface area contributed by atoms with Crippen molar-refractivity contribution in [2.75, 3.05) is 46.0 Å². The van der Waals surface area contributed by atoms with Crippen LogP contribution in [0.1, 0.15) is 112 Å². The van der Waals surface area contributed by atoms with Gasteiger partial charge in [-0.15, -0.1) is 0 Å². The van der Waals surface area contributed by atoms with E-state index in [4.69, 9.17) is 23.7 Å². The number of likely N-dealkylation sites (tertiary alicyclic amines) is 1. The van der Waals surface area contributed by atoms with E-state index in [-0.39, 0.29) is 46.3 Å². The smallest absolute Gasteiger partial charge is 0.303 e. The minimum absolute atomic E-state index is 0.0252. The molecular weight excluding hydrogens is 660 g/mol. The second-order valence-corrected chi connectivity index (χ2v) is 20.3. The average molecular weight is 727 g/mol. The highest BCUT2D eigenvalue weighted by molar-refractivity contribution is 5.90. The number of hydrogen-bond acceptors (Lipinski definition) is 10. The lowest BCUT2D eigenvalue weighted by atomic mass is 9.46. The first kappa shape index (κ1) is 36.5. The van der Waals surface area contributed by atoms with E-state index in [0.29, 0.717) is 35.8 Å². The summed E-state index contributed by atoms with van der Waals surface area (Å²) in [5.41, 5.74) is -0.726. The number of carbonyl (C=O) groups is 2. The Balaban J connectivity index is 0.865. The molecule has 0 amide bonds. The fourth-order valence-electron chi connectivity index (χ4n) is 14.6. The minimum atomic E-state index is -1.26. The maximum absolute atomic E-state index is 14.7. The van der Waals surface area contributed by atoms with E-state index in [2.05, 4.69) is 30.6 Å².